The van der Waals surface area contributed by atoms with Crippen LogP contribution in [0.5, 0.6) is 0 Å². The molecule has 3 heterocycles. The van der Waals surface area contributed by atoms with E-state index in [4.69, 9.17) is 0 Å². The number of benzene rings is 1. The lowest BCUT2D eigenvalue weighted by Crippen LogP contribution is -2.52. The molecule has 7 nitrogen and oxygen atoms in total. The molecule has 4 rings (SSSR count). The molecule has 0 aliphatic carbocycles. The average Bonchev–Trinajstić information content (AvgIpc) is 3.04. The molecule has 3 amide bonds. The maximum absolute atomic E-state index is 14.5. The summed E-state index contributed by atoms with van der Waals surface area (Å²) < 4.78 is 14.5. The van der Waals surface area contributed by atoms with E-state index in [9.17, 15) is 23.9 Å². The van der Waals surface area contributed by atoms with Crippen molar-refractivity contribution >= 4 is 17.7 Å². The van der Waals surface area contributed by atoms with Crippen LogP contribution in [0.1, 0.15) is 66.9 Å². The standard InChI is InChI=1S/C23H30FN3O4/c1-23(2,13-28)12-26-7-5-14(6-8-26)16-9-15(24)10-17-18(16)11-27(22(17)31)19-3-4-20(29)25-21(19)30/h9-10,14,19,28H,3-8,11-13H2,1-2H3,(H,25,29,30). The number of aliphatic hydroxyl groups is 1. The van der Waals surface area contributed by atoms with Crippen molar-refractivity contribution in [2.24, 2.45) is 5.41 Å². The monoisotopic (exact) mass is 431 g/mol. The Hall–Kier alpha value is -2.32. The van der Waals surface area contributed by atoms with E-state index >= 15 is 0 Å². The molecule has 2 fully saturated rings. The van der Waals surface area contributed by atoms with Crippen LogP contribution in [0.15, 0.2) is 12.1 Å². The number of imide groups is 1. The number of carbonyl (C=O) groups excluding carboxylic acids is 3. The van der Waals surface area contributed by atoms with Crippen LogP contribution >= 0.6 is 0 Å². The zero-order valence-electron chi connectivity index (χ0n) is 18.1. The summed E-state index contributed by atoms with van der Waals surface area (Å²) in [6.07, 6.45) is 2.19. The van der Waals surface area contributed by atoms with E-state index in [1.54, 1.807) is 0 Å². The SMILES string of the molecule is CC(C)(CO)CN1CCC(c2cc(F)cc3c2CN(C2CCC(=O)NC2=O)C3=O)CC1. The molecule has 2 N–H and O–H groups in total. The number of nitrogens with one attached hydrogen (secondary N) is 1. The molecule has 0 spiro atoms. The number of nitrogens with zero attached hydrogens (tertiary/aromatic N) is 2. The van der Waals surface area contributed by atoms with Gasteiger partial charge in [-0.3, -0.25) is 19.7 Å². The highest BCUT2D eigenvalue weighted by Crippen LogP contribution is 2.38. The van der Waals surface area contributed by atoms with Crippen molar-refractivity contribution in [3.63, 3.8) is 0 Å². The third-order valence-electron chi connectivity index (χ3n) is 6.76. The van der Waals surface area contributed by atoms with Crippen LogP contribution in [0.3, 0.4) is 0 Å². The van der Waals surface area contributed by atoms with E-state index in [1.807, 2.05) is 13.8 Å². The van der Waals surface area contributed by atoms with E-state index in [0.29, 0.717) is 12.0 Å². The zero-order chi connectivity index (χ0) is 22.3. The Morgan fingerprint density at radius 1 is 1.16 bits per heavy atom. The highest BCUT2D eigenvalue weighted by Gasteiger charge is 2.41. The van der Waals surface area contributed by atoms with Crippen molar-refractivity contribution < 1.29 is 23.9 Å². The van der Waals surface area contributed by atoms with E-state index in [2.05, 4.69) is 10.2 Å². The van der Waals surface area contributed by atoms with Crippen LogP contribution in [-0.4, -0.2) is 64.9 Å². The van der Waals surface area contributed by atoms with E-state index < -0.39 is 17.8 Å². The molecular weight excluding hydrogens is 401 g/mol. The predicted octanol–water partition coefficient (Wildman–Crippen LogP) is 1.78. The maximum atomic E-state index is 14.5. The number of fused-ring (bicyclic) bond motifs is 1. The quantitative estimate of drug-likeness (QED) is 0.694. The molecule has 0 bridgehead atoms. The Morgan fingerprint density at radius 3 is 2.52 bits per heavy atom. The number of hydrogen-bond acceptors (Lipinski definition) is 5. The third kappa shape index (κ3) is 4.36. The Morgan fingerprint density at radius 2 is 1.87 bits per heavy atom. The summed E-state index contributed by atoms with van der Waals surface area (Å²) in [5.74, 6) is -1.41. The molecule has 1 aromatic carbocycles. The van der Waals surface area contributed by atoms with Gasteiger partial charge >= 0.3 is 0 Å². The lowest BCUT2D eigenvalue weighted by Gasteiger charge is -2.37. The molecule has 3 aliphatic heterocycles. The summed E-state index contributed by atoms with van der Waals surface area (Å²) in [6, 6.07) is 2.11. The second-order valence-electron chi connectivity index (χ2n) is 9.79. The van der Waals surface area contributed by atoms with Gasteiger partial charge in [-0.25, -0.2) is 4.39 Å². The van der Waals surface area contributed by atoms with Gasteiger partial charge in [-0.1, -0.05) is 13.8 Å². The summed E-state index contributed by atoms with van der Waals surface area (Å²) in [7, 11) is 0. The fourth-order valence-corrected chi connectivity index (χ4v) is 5.07. The first-order chi connectivity index (χ1) is 14.7. The zero-order valence-corrected chi connectivity index (χ0v) is 18.1. The topological polar surface area (TPSA) is 89.9 Å². The summed E-state index contributed by atoms with van der Waals surface area (Å²) in [6.45, 7) is 6.98. The second-order valence-corrected chi connectivity index (χ2v) is 9.79. The summed E-state index contributed by atoms with van der Waals surface area (Å²) >= 11 is 0. The van der Waals surface area contributed by atoms with Crippen molar-refractivity contribution in [2.75, 3.05) is 26.2 Å². The molecule has 0 aromatic heterocycles. The minimum absolute atomic E-state index is 0.128. The van der Waals surface area contributed by atoms with Gasteiger partial charge in [0.1, 0.15) is 11.9 Å². The second kappa shape index (κ2) is 8.31. The fraction of sp³-hybridized carbons (Fsp3) is 0.609. The third-order valence-corrected chi connectivity index (χ3v) is 6.76. The maximum Gasteiger partial charge on any atom is 0.255 e. The van der Waals surface area contributed by atoms with Gasteiger partial charge in [0.25, 0.3) is 5.91 Å². The lowest BCUT2D eigenvalue weighted by molar-refractivity contribution is -0.136. The highest BCUT2D eigenvalue weighted by atomic mass is 19.1. The van der Waals surface area contributed by atoms with Gasteiger partial charge in [0.2, 0.25) is 11.8 Å². The smallest absolute Gasteiger partial charge is 0.255 e. The normalized spacial score (nSPS) is 23.3. The first kappa shape index (κ1) is 21.9. The number of amides is 3. The van der Waals surface area contributed by atoms with Gasteiger partial charge in [0.15, 0.2) is 0 Å². The predicted molar refractivity (Wildman–Crippen MR) is 112 cm³/mol. The summed E-state index contributed by atoms with van der Waals surface area (Å²) in [4.78, 5) is 40.6. The van der Waals surface area contributed by atoms with Crippen molar-refractivity contribution in [2.45, 2.75) is 58.0 Å². The summed E-state index contributed by atoms with van der Waals surface area (Å²) in [5.41, 5.74) is 1.84. The minimum atomic E-state index is -0.698. The first-order valence-electron chi connectivity index (χ1n) is 11.0. The van der Waals surface area contributed by atoms with Crippen LogP contribution in [0.4, 0.5) is 4.39 Å². The number of halogens is 1. The van der Waals surface area contributed by atoms with Crippen LogP contribution in [0.25, 0.3) is 0 Å². The fourth-order valence-electron chi connectivity index (χ4n) is 5.07. The van der Waals surface area contributed by atoms with E-state index in [0.717, 1.165) is 43.6 Å². The molecule has 2 saturated heterocycles. The van der Waals surface area contributed by atoms with Gasteiger partial charge < -0.3 is 14.9 Å². The van der Waals surface area contributed by atoms with Crippen LogP contribution in [0, 0.1) is 11.2 Å². The number of hydrogen-bond donors (Lipinski definition) is 2. The largest absolute Gasteiger partial charge is 0.396 e. The lowest BCUT2D eigenvalue weighted by atomic mass is 9.84. The van der Waals surface area contributed by atoms with Gasteiger partial charge in [-0.05, 0) is 61.5 Å². The van der Waals surface area contributed by atoms with Gasteiger partial charge in [-0.15, -0.1) is 0 Å². The Labute approximate surface area is 181 Å². The number of likely N-dealkylation sites (tertiary alicyclic amines) is 1. The molecule has 1 atom stereocenters. The van der Waals surface area contributed by atoms with Gasteiger partial charge in [0.05, 0.1) is 0 Å². The Balaban J connectivity index is 1.52. The Kier molecular flexibility index (Phi) is 5.87. The van der Waals surface area contributed by atoms with Gasteiger partial charge in [0, 0.05) is 37.1 Å². The molecule has 31 heavy (non-hydrogen) atoms. The van der Waals surface area contributed by atoms with Crippen molar-refractivity contribution in [3.8, 4) is 0 Å². The van der Waals surface area contributed by atoms with Crippen LogP contribution < -0.4 is 5.32 Å². The van der Waals surface area contributed by atoms with Crippen LogP contribution in [0.2, 0.25) is 0 Å². The van der Waals surface area contributed by atoms with E-state index in [-0.39, 0.29) is 42.7 Å². The van der Waals surface area contributed by atoms with Crippen molar-refractivity contribution in [1.82, 2.24) is 15.1 Å². The first-order valence-corrected chi connectivity index (χ1v) is 11.0. The Bertz CT molecular complexity index is 908. The van der Waals surface area contributed by atoms with Crippen LogP contribution in [-0.2, 0) is 16.1 Å². The average molecular weight is 432 g/mol. The number of rotatable bonds is 5. The highest BCUT2D eigenvalue weighted by molar-refractivity contribution is 6.05. The van der Waals surface area contributed by atoms with Crippen molar-refractivity contribution in [3.05, 3.63) is 34.6 Å². The summed E-state index contributed by atoms with van der Waals surface area (Å²) in [5, 5.41) is 11.8. The molecule has 0 radical (unpaired) electrons. The van der Waals surface area contributed by atoms with E-state index in [1.165, 1.54) is 17.0 Å². The molecule has 1 aromatic rings. The molecule has 1 unspecified atom stereocenters. The van der Waals surface area contributed by atoms with Gasteiger partial charge in [-0.2, -0.15) is 0 Å². The molecule has 168 valence electrons. The number of carbonyl (C=O) groups is 3. The molecule has 8 heteroatoms. The number of aliphatic hydroxyl groups excluding tert-OH is 1. The number of piperidine rings is 2. The van der Waals surface area contributed by atoms with Crippen molar-refractivity contribution in [1.29, 1.82) is 0 Å². The molecular formula is C23H30FN3O4. The molecule has 3 aliphatic rings. The minimum Gasteiger partial charge on any atom is -0.396 e. The molecule has 0 saturated carbocycles.